The highest BCUT2D eigenvalue weighted by molar-refractivity contribution is 5.76. The third-order valence-electron chi connectivity index (χ3n) is 2.34. The van der Waals surface area contributed by atoms with Gasteiger partial charge in [-0.25, -0.2) is 0 Å². The summed E-state index contributed by atoms with van der Waals surface area (Å²) in [5, 5.41) is 10.0. The van der Waals surface area contributed by atoms with Crippen LogP contribution in [0.3, 0.4) is 0 Å². The van der Waals surface area contributed by atoms with E-state index >= 15 is 0 Å². The zero-order valence-corrected chi connectivity index (χ0v) is 10.6. The van der Waals surface area contributed by atoms with Crippen molar-refractivity contribution in [3.63, 3.8) is 0 Å². The highest BCUT2D eigenvalue weighted by atomic mass is 16.3. The number of carbonyl (C=O) groups is 1. The molecule has 0 saturated carbocycles. The van der Waals surface area contributed by atoms with Crippen molar-refractivity contribution in [2.24, 2.45) is 10.9 Å². The number of nitroso groups, excluding NO2 is 1. The van der Waals surface area contributed by atoms with E-state index in [0.29, 0.717) is 17.8 Å². The van der Waals surface area contributed by atoms with Crippen molar-refractivity contribution in [2.45, 2.75) is 6.42 Å². The summed E-state index contributed by atoms with van der Waals surface area (Å²) in [5.74, 6) is -0.663. The largest absolute Gasteiger partial charge is 0.404 e. The molecule has 19 heavy (non-hydrogen) atoms. The summed E-state index contributed by atoms with van der Waals surface area (Å²) in [7, 11) is 1.78. The molecule has 7 heteroatoms. The van der Waals surface area contributed by atoms with Crippen LogP contribution in [0.5, 0.6) is 0 Å². The summed E-state index contributed by atoms with van der Waals surface area (Å²) in [6.45, 7) is 0.402. The Morgan fingerprint density at radius 3 is 2.95 bits per heavy atom. The van der Waals surface area contributed by atoms with Crippen LogP contribution in [-0.4, -0.2) is 34.6 Å². The van der Waals surface area contributed by atoms with Crippen molar-refractivity contribution in [1.82, 2.24) is 15.1 Å². The summed E-state index contributed by atoms with van der Waals surface area (Å²) >= 11 is 0. The maximum absolute atomic E-state index is 10.8. The van der Waals surface area contributed by atoms with Crippen LogP contribution in [0.15, 0.2) is 42.0 Å². The molecule has 1 aromatic rings. The van der Waals surface area contributed by atoms with Crippen molar-refractivity contribution in [1.29, 1.82) is 0 Å². The normalized spacial score (nSPS) is 11.5. The second-order valence-corrected chi connectivity index (χ2v) is 3.76. The number of nitrogens with two attached hydrogens (primary N) is 1. The van der Waals surface area contributed by atoms with Gasteiger partial charge in [0.2, 0.25) is 0 Å². The molecule has 0 aliphatic rings. The fourth-order valence-electron chi connectivity index (χ4n) is 1.28. The monoisotopic (exact) mass is 261 g/mol. The molecule has 0 saturated heterocycles. The summed E-state index contributed by atoms with van der Waals surface area (Å²) in [6.07, 6.45) is 6.57. The van der Waals surface area contributed by atoms with Gasteiger partial charge in [0.1, 0.15) is 0 Å². The number of rotatable bonds is 6. The Labute approximate surface area is 110 Å². The maximum Gasteiger partial charge on any atom is 0.288 e. The number of amides is 1. The van der Waals surface area contributed by atoms with Gasteiger partial charge in [0.15, 0.2) is 0 Å². The maximum atomic E-state index is 10.8. The first-order valence-corrected chi connectivity index (χ1v) is 5.62. The van der Waals surface area contributed by atoms with Gasteiger partial charge in [-0.3, -0.25) is 4.79 Å². The van der Waals surface area contributed by atoms with E-state index in [1.54, 1.807) is 42.6 Å². The van der Waals surface area contributed by atoms with Gasteiger partial charge >= 0.3 is 0 Å². The first-order chi connectivity index (χ1) is 9.17. The minimum Gasteiger partial charge on any atom is -0.404 e. The summed E-state index contributed by atoms with van der Waals surface area (Å²) in [6, 6.07) is 3.55. The van der Waals surface area contributed by atoms with Crippen molar-refractivity contribution in [3.05, 3.63) is 47.4 Å². The average Bonchev–Trinajstić information content (AvgIpc) is 2.46. The van der Waals surface area contributed by atoms with Crippen LogP contribution >= 0.6 is 0 Å². The first kappa shape index (κ1) is 14.5. The predicted molar refractivity (Wildman–Crippen MR) is 71.4 cm³/mol. The molecule has 0 bridgehead atoms. The van der Waals surface area contributed by atoms with Crippen LogP contribution < -0.4 is 5.73 Å². The zero-order valence-electron chi connectivity index (χ0n) is 10.6. The number of allylic oxidation sites excluding steroid dienone is 2. The highest BCUT2D eigenvalue weighted by Gasteiger charge is 2.02. The molecule has 1 rings (SSSR count). The molecule has 0 aromatic carbocycles. The molecule has 0 aliphatic carbocycles. The SMILES string of the molecule is CN(/C=C\C(=C/N)c1cccnn1)CCC(=O)N=O. The Hall–Kier alpha value is -2.57. The number of hydrogen-bond acceptors (Lipinski definition) is 6. The predicted octanol–water partition coefficient (Wildman–Crippen LogP) is 0.905. The van der Waals surface area contributed by atoms with Gasteiger partial charge in [0, 0.05) is 43.2 Å². The summed E-state index contributed by atoms with van der Waals surface area (Å²) < 4.78 is 0. The Bertz CT molecular complexity index is 484. The van der Waals surface area contributed by atoms with E-state index in [4.69, 9.17) is 5.73 Å². The zero-order chi connectivity index (χ0) is 14.1. The Morgan fingerprint density at radius 2 is 2.37 bits per heavy atom. The molecule has 0 fully saturated rings. The van der Waals surface area contributed by atoms with Gasteiger partial charge in [0.25, 0.3) is 5.91 Å². The lowest BCUT2D eigenvalue weighted by molar-refractivity contribution is -0.118. The van der Waals surface area contributed by atoms with E-state index in [2.05, 4.69) is 15.4 Å². The molecular formula is C12H15N5O2. The van der Waals surface area contributed by atoms with Gasteiger partial charge in [-0.1, -0.05) is 0 Å². The van der Waals surface area contributed by atoms with Gasteiger partial charge < -0.3 is 10.6 Å². The van der Waals surface area contributed by atoms with E-state index in [0.717, 1.165) is 0 Å². The average molecular weight is 261 g/mol. The molecular weight excluding hydrogens is 246 g/mol. The second kappa shape index (κ2) is 7.70. The van der Waals surface area contributed by atoms with Crippen LogP contribution in [0.1, 0.15) is 12.1 Å². The molecule has 7 nitrogen and oxygen atoms in total. The van der Waals surface area contributed by atoms with E-state index in [1.165, 1.54) is 6.20 Å². The Kier molecular flexibility index (Phi) is 5.87. The molecule has 1 heterocycles. The standard InChI is InChI=1S/C12H15N5O2/c1-17(8-5-12(18)16-19)7-4-10(9-13)11-3-2-6-14-15-11/h2-4,6-7,9H,5,8,13H2,1H3/b7-4-,10-9+. The minimum atomic E-state index is -0.663. The first-order valence-electron chi connectivity index (χ1n) is 5.62. The van der Waals surface area contributed by atoms with E-state index in [1.807, 2.05) is 0 Å². The van der Waals surface area contributed by atoms with Crippen LogP contribution in [0, 0.1) is 4.91 Å². The second-order valence-electron chi connectivity index (χ2n) is 3.76. The Balaban J connectivity index is 2.59. The van der Waals surface area contributed by atoms with E-state index in [-0.39, 0.29) is 6.42 Å². The number of hydrogen-bond donors (Lipinski definition) is 1. The summed E-state index contributed by atoms with van der Waals surface area (Å²) in [4.78, 5) is 22.4. The van der Waals surface area contributed by atoms with Crippen LogP contribution in [0.25, 0.3) is 5.57 Å². The van der Waals surface area contributed by atoms with Crippen LogP contribution in [0.4, 0.5) is 0 Å². The minimum absolute atomic E-state index is 0.0805. The molecule has 0 atom stereocenters. The van der Waals surface area contributed by atoms with Gasteiger partial charge in [-0.2, -0.15) is 10.2 Å². The fraction of sp³-hybridized carbons (Fsp3) is 0.250. The van der Waals surface area contributed by atoms with Gasteiger partial charge in [-0.05, 0) is 24.4 Å². The van der Waals surface area contributed by atoms with Crippen molar-refractivity contribution in [3.8, 4) is 0 Å². The molecule has 2 N–H and O–H groups in total. The van der Waals surface area contributed by atoms with E-state index < -0.39 is 5.91 Å². The van der Waals surface area contributed by atoms with Crippen molar-refractivity contribution >= 4 is 11.5 Å². The summed E-state index contributed by atoms with van der Waals surface area (Å²) in [5.41, 5.74) is 6.89. The Morgan fingerprint density at radius 1 is 1.58 bits per heavy atom. The lowest BCUT2D eigenvalue weighted by Crippen LogP contribution is -2.15. The molecule has 100 valence electrons. The smallest absolute Gasteiger partial charge is 0.288 e. The third-order valence-corrected chi connectivity index (χ3v) is 2.34. The molecule has 0 aliphatic heterocycles. The topological polar surface area (TPSA) is 102 Å². The number of carbonyl (C=O) groups excluding carboxylic acids is 1. The fourth-order valence-corrected chi connectivity index (χ4v) is 1.28. The molecule has 1 amide bonds. The lowest BCUT2D eigenvalue weighted by atomic mass is 10.2. The van der Waals surface area contributed by atoms with E-state index in [9.17, 15) is 9.70 Å². The van der Waals surface area contributed by atoms with Crippen molar-refractivity contribution < 1.29 is 4.79 Å². The molecule has 0 unspecified atom stereocenters. The molecule has 1 aromatic heterocycles. The van der Waals surface area contributed by atoms with Crippen LogP contribution in [-0.2, 0) is 4.79 Å². The quantitative estimate of drug-likeness (QED) is 0.603. The lowest BCUT2D eigenvalue weighted by Gasteiger charge is -2.12. The number of nitrogens with zero attached hydrogens (tertiary/aromatic N) is 4. The molecule has 0 spiro atoms. The number of aromatic nitrogens is 2. The molecule has 0 radical (unpaired) electrons. The third kappa shape index (κ3) is 5.07. The van der Waals surface area contributed by atoms with Crippen LogP contribution in [0.2, 0.25) is 0 Å². The highest BCUT2D eigenvalue weighted by Crippen LogP contribution is 2.10. The van der Waals surface area contributed by atoms with Gasteiger partial charge in [-0.15, -0.1) is 4.91 Å². The van der Waals surface area contributed by atoms with Gasteiger partial charge in [0.05, 0.1) is 5.69 Å². The van der Waals surface area contributed by atoms with Crippen molar-refractivity contribution in [2.75, 3.05) is 13.6 Å².